The third kappa shape index (κ3) is 4.47. The summed E-state index contributed by atoms with van der Waals surface area (Å²) in [5.41, 5.74) is 0.0475. The molecule has 30 heavy (non-hydrogen) atoms. The summed E-state index contributed by atoms with van der Waals surface area (Å²) in [7, 11) is 0. The van der Waals surface area contributed by atoms with Gasteiger partial charge in [0.05, 0.1) is 30.9 Å². The molecule has 2 heterocycles. The van der Waals surface area contributed by atoms with E-state index in [4.69, 9.17) is 14.6 Å². The van der Waals surface area contributed by atoms with Gasteiger partial charge in [0, 0.05) is 13.0 Å². The molecule has 11 heteroatoms. The van der Waals surface area contributed by atoms with E-state index in [1.807, 2.05) is 0 Å². The number of aliphatic hydroxyl groups is 1. The van der Waals surface area contributed by atoms with Crippen LogP contribution in [0.4, 0.5) is 0 Å². The van der Waals surface area contributed by atoms with Crippen molar-refractivity contribution in [3.8, 4) is 5.75 Å². The highest BCUT2D eigenvalue weighted by Gasteiger charge is 2.46. The fourth-order valence-corrected chi connectivity index (χ4v) is 3.23. The molecule has 1 fully saturated rings. The number of carbonyl (C=O) groups excluding carboxylic acids is 5. The Morgan fingerprint density at radius 3 is 2.73 bits per heavy atom. The molecule has 1 aromatic rings. The standard InChI is InChI=1S/C19H21N3O8/c23-7-9-29-8-6-20-15(25)10-30-13-3-1-2-11-16(13)19(28)22(18(11)27)12-4-5-14(24)21-17(12)26/h1-3,12,23H,4-10H2,(H,20,25)(H,21,24,26). The average molecular weight is 419 g/mol. The highest BCUT2D eigenvalue weighted by Crippen LogP contribution is 2.33. The van der Waals surface area contributed by atoms with Crippen LogP contribution in [0, 0.1) is 0 Å². The second-order valence-corrected chi connectivity index (χ2v) is 6.60. The monoisotopic (exact) mass is 419 g/mol. The van der Waals surface area contributed by atoms with E-state index in [0.717, 1.165) is 4.90 Å². The summed E-state index contributed by atoms with van der Waals surface area (Å²) in [6.45, 7) is 0.105. The molecule has 2 aliphatic rings. The molecule has 3 rings (SSSR count). The van der Waals surface area contributed by atoms with Gasteiger partial charge in [0.15, 0.2) is 6.61 Å². The summed E-state index contributed by atoms with van der Waals surface area (Å²) < 4.78 is 10.5. The molecule has 5 amide bonds. The first-order chi connectivity index (χ1) is 14.4. The minimum absolute atomic E-state index is 0.0220. The Morgan fingerprint density at radius 2 is 2.00 bits per heavy atom. The summed E-state index contributed by atoms with van der Waals surface area (Å²) in [6, 6.07) is 3.32. The second kappa shape index (κ2) is 9.46. The Morgan fingerprint density at radius 1 is 1.20 bits per heavy atom. The van der Waals surface area contributed by atoms with Crippen LogP contribution in [0.5, 0.6) is 5.75 Å². The lowest BCUT2D eigenvalue weighted by Crippen LogP contribution is -2.54. The van der Waals surface area contributed by atoms with Crippen LogP contribution in [0.25, 0.3) is 0 Å². The van der Waals surface area contributed by atoms with E-state index in [-0.39, 0.29) is 56.1 Å². The maximum atomic E-state index is 12.9. The smallest absolute Gasteiger partial charge is 0.266 e. The maximum absolute atomic E-state index is 12.9. The first-order valence-corrected chi connectivity index (χ1v) is 9.36. The number of benzene rings is 1. The van der Waals surface area contributed by atoms with E-state index in [9.17, 15) is 24.0 Å². The second-order valence-electron chi connectivity index (χ2n) is 6.60. The van der Waals surface area contributed by atoms with Crippen molar-refractivity contribution in [2.45, 2.75) is 18.9 Å². The van der Waals surface area contributed by atoms with E-state index in [2.05, 4.69) is 10.6 Å². The lowest BCUT2D eigenvalue weighted by atomic mass is 10.0. The van der Waals surface area contributed by atoms with Crippen LogP contribution in [0.3, 0.4) is 0 Å². The van der Waals surface area contributed by atoms with Gasteiger partial charge in [-0.1, -0.05) is 6.07 Å². The van der Waals surface area contributed by atoms with E-state index in [1.165, 1.54) is 18.2 Å². The van der Waals surface area contributed by atoms with Crippen molar-refractivity contribution in [2.24, 2.45) is 0 Å². The Bertz CT molecular complexity index is 885. The molecule has 0 saturated carbocycles. The third-order valence-corrected chi connectivity index (χ3v) is 4.59. The van der Waals surface area contributed by atoms with Crippen molar-refractivity contribution in [1.82, 2.24) is 15.5 Å². The lowest BCUT2D eigenvalue weighted by molar-refractivity contribution is -0.136. The zero-order valence-corrected chi connectivity index (χ0v) is 16.0. The zero-order valence-electron chi connectivity index (χ0n) is 16.0. The quantitative estimate of drug-likeness (QED) is 0.326. The van der Waals surface area contributed by atoms with E-state index in [0.29, 0.717) is 0 Å². The van der Waals surface area contributed by atoms with Crippen molar-refractivity contribution in [2.75, 3.05) is 33.0 Å². The van der Waals surface area contributed by atoms with Gasteiger partial charge >= 0.3 is 0 Å². The van der Waals surface area contributed by atoms with Crippen molar-refractivity contribution in [3.63, 3.8) is 0 Å². The van der Waals surface area contributed by atoms with Crippen LogP contribution in [-0.4, -0.2) is 78.6 Å². The number of aliphatic hydroxyl groups excluding tert-OH is 1. The highest BCUT2D eigenvalue weighted by molar-refractivity contribution is 6.24. The summed E-state index contributed by atoms with van der Waals surface area (Å²) in [6.07, 6.45) is 0.0719. The molecule has 0 aromatic heterocycles. The molecular formula is C19H21N3O8. The lowest BCUT2D eigenvalue weighted by Gasteiger charge is -2.27. The van der Waals surface area contributed by atoms with Crippen LogP contribution in [0.2, 0.25) is 0 Å². The fourth-order valence-electron chi connectivity index (χ4n) is 3.23. The third-order valence-electron chi connectivity index (χ3n) is 4.59. The molecule has 1 atom stereocenters. The van der Waals surface area contributed by atoms with Crippen molar-refractivity contribution in [1.29, 1.82) is 0 Å². The molecule has 1 saturated heterocycles. The summed E-state index contributed by atoms with van der Waals surface area (Å²) in [5, 5.41) is 13.3. The topological polar surface area (TPSA) is 151 Å². The molecule has 0 radical (unpaired) electrons. The predicted molar refractivity (Wildman–Crippen MR) is 99.5 cm³/mol. The van der Waals surface area contributed by atoms with E-state index >= 15 is 0 Å². The largest absolute Gasteiger partial charge is 0.483 e. The number of imide groups is 2. The number of ether oxygens (including phenoxy) is 2. The minimum atomic E-state index is -1.08. The van der Waals surface area contributed by atoms with Crippen LogP contribution in [0.15, 0.2) is 18.2 Å². The Hall–Kier alpha value is -3.31. The molecular weight excluding hydrogens is 398 g/mol. The van der Waals surface area contributed by atoms with E-state index < -0.39 is 42.2 Å². The normalized spacial score (nSPS) is 18.3. The Kier molecular flexibility index (Phi) is 6.75. The van der Waals surface area contributed by atoms with Crippen molar-refractivity contribution < 1.29 is 38.6 Å². The number of nitrogens with zero attached hydrogens (tertiary/aromatic N) is 1. The number of hydrogen-bond acceptors (Lipinski definition) is 8. The first kappa shape index (κ1) is 21.4. The van der Waals surface area contributed by atoms with Crippen LogP contribution >= 0.6 is 0 Å². The predicted octanol–water partition coefficient (Wildman–Crippen LogP) is -1.41. The van der Waals surface area contributed by atoms with Gasteiger partial charge in [-0.15, -0.1) is 0 Å². The molecule has 0 bridgehead atoms. The van der Waals surface area contributed by atoms with Gasteiger partial charge in [-0.2, -0.15) is 0 Å². The average Bonchev–Trinajstić information content (AvgIpc) is 2.97. The van der Waals surface area contributed by atoms with Gasteiger partial charge in [-0.05, 0) is 18.6 Å². The first-order valence-electron chi connectivity index (χ1n) is 9.36. The van der Waals surface area contributed by atoms with Gasteiger partial charge in [-0.3, -0.25) is 34.2 Å². The molecule has 2 aliphatic heterocycles. The van der Waals surface area contributed by atoms with E-state index in [1.54, 1.807) is 0 Å². The number of carbonyl (C=O) groups is 5. The molecule has 3 N–H and O–H groups in total. The van der Waals surface area contributed by atoms with Gasteiger partial charge in [-0.25, -0.2) is 0 Å². The van der Waals surface area contributed by atoms with Gasteiger partial charge < -0.3 is 19.9 Å². The molecule has 0 spiro atoms. The Labute approximate surface area is 171 Å². The number of amides is 5. The number of fused-ring (bicyclic) bond motifs is 1. The minimum Gasteiger partial charge on any atom is -0.483 e. The maximum Gasteiger partial charge on any atom is 0.266 e. The number of piperidine rings is 1. The SMILES string of the molecule is O=C(COc1cccc2c1C(=O)N(C1CCC(=O)NC1=O)C2=O)NCCOCCO. The molecule has 160 valence electrons. The number of rotatable bonds is 9. The summed E-state index contributed by atoms with van der Waals surface area (Å²) in [4.78, 5) is 61.8. The summed E-state index contributed by atoms with van der Waals surface area (Å²) >= 11 is 0. The number of hydrogen-bond donors (Lipinski definition) is 3. The van der Waals surface area contributed by atoms with Crippen LogP contribution in [-0.2, 0) is 19.1 Å². The van der Waals surface area contributed by atoms with Gasteiger partial charge in [0.1, 0.15) is 11.8 Å². The molecule has 1 aromatic carbocycles. The van der Waals surface area contributed by atoms with Crippen molar-refractivity contribution in [3.05, 3.63) is 29.3 Å². The fraction of sp³-hybridized carbons (Fsp3) is 0.421. The van der Waals surface area contributed by atoms with Gasteiger partial charge in [0.2, 0.25) is 11.8 Å². The molecule has 0 aliphatic carbocycles. The summed E-state index contributed by atoms with van der Waals surface area (Å²) in [5.74, 6) is -2.93. The number of nitrogens with one attached hydrogen (secondary N) is 2. The zero-order chi connectivity index (χ0) is 21.7. The van der Waals surface area contributed by atoms with Crippen molar-refractivity contribution >= 4 is 29.5 Å². The molecule has 1 unspecified atom stereocenters. The Balaban J connectivity index is 1.66. The van der Waals surface area contributed by atoms with Gasteiger partial charge in [0.25, 0.3) is 17.7 Å². The van der Waals surface area contributed by atoms with Crippen LogP contribution < -0.4 is 15.4 Å². The highest BCUT2D eigenvalue weighted by atomic mass is 16.5. The molecule has 11 nitrogen and oxygen atoms in total. The van der Waals surface area contributed by atoms with Crippen LogP contribution in [0.1, 0.15) is 33.6 Å².